The molecule has 2 heterocycles. The molecule has 3 rings (SSSR count). The Morgan fingerprint density at radius 2 is 2.33 bits per heavy atom. The third kappa shape index (κ3) is 1.41. The third-order valence-corrected chi connectivity index (χ3v) is 2.37. The van der Waals surface area contributed by atoms with Crippen molar-refractivity contribution in [3.63, 3.8) is 0 Å². The number of anilines is 2. The number of aromatic nitrogens is 1. The minimum atomic E-state index is 0.508. The largest absolute Gasteiger partial charge is 0.422 e. The number of nitrogen functional groups attached to an aromatic ring is 1. The van der Waals surface area contributed by atoms with Gasteiger partial charge >= 0.3 is 6.01 Å². The lowest BCUT2D eigenvalue weighted by Crippen LogP contribution is -2.16. The van der Waals surface area contributed by atoms with Crippen LogP contribution in [0.25, 0.3) is 11.1 Å². The van der Waals surface area contributed by atoms with Crippen molar-refractivity contribution in [2.75, 3.05) is 23.9 Å². The van der Waals surface area contributed by atoms with E-state index in [-0.39, 0.29) is 0 Å². The van der Waals surface area contributed by atoms with Crippen molar-refractivity contribution in [2.24, 2.45) is 0 Å². The molecular formula is C10H11N3O2. The molecule has 1 aliphatic rings. The van der Waals surface area contributed by atoms with Crippen molar-refractivity contribution < 1.29 is 9.25 Å². The Labute approximate surface area is 86.4 Å². The Morgan fingerprint density at radius 3 is 3.13 bits per heavy atom. The molecule has 0 saturated carbocycles. The number of rotatable bonds is 1. The maximum Gasteiger partial charge on any atom is 0.323 e. The molecule has 15 heavy (non-hydrogen) atoms. The van der Waals surface area contributed by atoms with Gasteiger partial charge in [-0.05, 0) is 24.6 Å². The van der Waals surface area contributed by atoms with Crippen molar-refractivity contribution in [2.45, 2.75) is 6.42 Å². The maximum atomic E-state index is 5.66. The first-order valence-corrected chi connectivity index (χ1v) is 4.89. The second-order valence-corrected chi connectivity index (χ2v) is 3.51. The van der Waals surface area contributed by atoms with Crippen LogP contribution < -0.4 is 10.8 Å². The summed E-state index contributed by atoms with van der Waals surface area (Å²) in [6.07, 6.45) is 1.00. The first-order valence-electron chi connectivity index (χ1n) is 4.89. The molecule has 1 fully saturated rings. The molecule has 1 saturated heterocycles. The summed E-state index contributed by atoms with van der Waals surface area (Å²) >= 11 is 0. The van der Waals surface area contributed by atoms with Crippen LogP contribution >= 0.6 is 0 Å². The van der Waals surface area contributed by atoms with Gasteiger partial charge in [0.1, 0.15) is 5.52 Å². The van der Waals surface area contributed by atoms with Gasteiger partial charge in [-0.25, -0.2) is 5.06 Å². The van der Waals surface area contributed by atoms with Crippen LogP contribution in [0.1, 0.15) is 6.42 Å². The Balaban J connectivity index is 2.05. The Kier molecular flexibility index (Phi) is 1.78. The van der Waals surface area contributed by atoms with Crippen LogP contribution in [0.4, 0.5) is 11.7 Å². The number of hydroxylamine groups is 1. The SMILES string of the molecule is Nc1ccc2oc(N3CCCO3)nc2c1. The van der Waals surface area contributed by atoms with Crippen LogP contribution in [0.3, 0.4) is 0 Å². The van der Waals surface area contributed by atoms with Crippen LogP contribution in [0, 0.1) is 0 Å². The van der Waals surface area contributed by atoms with E-state index in [1.54, 1.807) is 17.2 Å². The molecule has 0 radical (unpaired) electrons. The monoisotopic (exact) mass is 205 g/mol. The number of oxazole rings is 1. The lowest BCUT2D eigenvalue weighted by molar-refractivity contribution is 0.155. The molecule has 0 spiro atoms. The fraction of sp³-hybridized carbons (Fsp3) is 0.300. The Bertz CT molecular complexity index is 488. The molecule has 5 heteroatoms. The number of benzene rings is 1. The van der Waals surface area contributed by atoms with Crippen LogP contribution in [-0.4, -0.2) is 18.1 Å². The quantitative estimate of drug-likeness (QED) is 0.715. The topological polar surface area (TPSA) is 64.5 Å². The molecule has 0 unspecified atom stereocenters. The van der Waals surface area contributed by atoms with E-state index in [9.17, 15) is 0 Å². The third-order valence-electron chi connectivity index (χ3n) is 2.37. The minimum Gasteiger partial charge on any atom is -0.422 e. The van der Waals surface area contributed by atoms with E-state index in [4.69, 9.17) is 15.0 Å². The normalized spacial score (nSPS) is 16.4. The molecule has 1 aromatic carbocycles. The van der Waals surface area contributed by atoms with Crippen molar-refractivity contribution in [3.8, 4) is 0 Å². The predicted octanol–water partition coefficient (Wildman–Crippen LogP) is 1.55. The summed E-state index contributed by atoms with van der Waals surface area (Å²) < 4.78 is 5.54. The molecule has 2 N–H and O–H groups in total. The van der Waals surface area contributed by atoms with Crippen LogP contribution in [-0.2, 0) is 4.84 Å². The predicted molar refractivity (Wildman–Crippen MR) is 56.3 cm³/mol. The average Bonchev–Trinajstić information content (AvgIpc) is 2.84. The number of hydrogen-bond acceptors (Lipinski definition) is 5. The van der Waals surface area contributed by atoms with Crippen molar-refractivity contribution >= 4 is 22.8 Å². The first kappa shape index (κ1) is 8.55. The summed E-state index contributed by atoms with van der Waals surface area (Å²) in [5, 5.41) is 1.68. The molecule has 1 aromatic heterocycles. The number of fused-ring (bicyclic) bond motifs is 1. The van der Waals surface area contributed by atoms with Gasteiger partial charge in [-0.15, -0.1) is 0 Å². The zero-order valence-electron chi connectivity index (χ0n) is 8.14. The maximum absolute atomic E-state index is 5.66. The smallest absolute Gasteiger partial charge is 0.323 e. The Morgan fingerprint density at radius 1 is 1.40 bits per heavy atom. The molecule has 5 nitrogen and oxygen atoms in total. The second kappa shape index (κ2) is 3.13. The van der Waals surface area contributed by atoms with E-state index in [1.165, 1.54) is 0 Å². The first-order chi connectivity index (χ1) is 7.33. The van der Waals surface area contributed by atoms with Gasteiger partial charge in [0.05, 0.1) is 13.2 Å². The number of nitrogens with zero attached hydrogens (tertiary/aromatic N) is 2. The van der Waals surface area contributed by atoms with Crippen molar-refractivity contribution in [3.05, 3.63) is 18.2 Å². The molecule has 78 valence electrons. The summed E-state index contributed by atoms with van der Waals surface area (Å²) in [6.45, 7) is 1.54. The van der Waals surface area contributed by atoms with Gasteiger partial charge in [-0.3, -0.25) is 4.84 Å². The van der Waals surface area contributed by atoms with E-state index < -0.39 is 0 Å². The summed E-state index contributed by atoms with van der Waals surface area (Å²) in [6, 6.07) is 5.91. The highest BCUT2D eigenvalue weighted by Crippen LogP contribution is 2.25. The van der Waals surface area contributed by atoms with Gasteiger partial charge in [0.25, 0.3) is 0 Å². The molecule has 1 aliphatic heterocycles. The standard InChI is InChI=1S/C10H11N3O2/c11-7-2-3-9-8(6-7)12-10(15-9)13-4-1-5-14-13/h2-3,6H,1,4-5,11H2. The number of nitrogens with two attached hydrogens (primary N) is 1. The minimum absolute atomic E-state index is 0.508. The van der Waals surface area contributed by atoms with Crippen molar-refractivity contribution in [1.82, 2.24) is 4.98 Å². The fourth-order valence-corrected chi connectivity index (χ4v) is 1.64. The van der Waals surface area contributed by atoms with Crippen molar-refractivity contribution in [1.29, 1.82) is 0 Å². The molecular weight excluding hydrogens is 194 g/mol. The highest BCUT2D eigenvalue weighted by atomic mass is 16.7. The zero-order chi connectivity index (χ0) is 10.3. The highest BCUT2D eigenvalue weighted by Gasteiger charge is 2.19. The zero-order valence-corrected chi connectivity index (χ0v) is 8.14. The van der Waals surface area contributed by atoms with Gasteiger partial charge in [-0.1, -0.05) is 0 Å². The molecule has 0 amide bonds. The number of hydrogen-bond donors (Lipinski definition) is 1. The van der Waals surface area contributed by atoms with E-state index in [2.05, 4.69) is 4.98 Å². The molecule has 0 aliphatic carbocycles. The molecule has 0 atom stereocenters. The van der Waals surface area contributed by atoms with Gasteiger partial charge in [0, 0.05) is 5.69 Å². The van der Waals surface area contributed by atoms with E-state index >= 15 is 0 Å². The Hall–Kier alpha value is -1.75. The van der Waals surface area contributed by atoms with E-state index in [0.717, 1.165) is 30.7 Å². The van der Waals surface area contributed by atoms with Gasteiger partial charge < -0.3 is 10.2 Å². The van der Waals surface area contributed by atoms with Crippen LogP contribution in [0.15, 0.2) is 22.6 Å². The summed E-state index contributed by atoms with van der Waals surface area (Å²) in [5.74, 6) is 0. The fourth-order valence-electron chi connectivity index (χ4n) is 1.64. The summed E-state index contributed by atoms with van der Waals surface area (Å²) in [7, 11) is 0. The second-order valence-electron chi connectivity index (χ2n) is 3.51. The van der Waals surface area contributed by atoms with Gasteiger partial charge in [0.15, 0.2) is 5.58 Å². The summed E-state index contributed by atoms with van der Waals surface area (Å²) in [4.78, 5) is 9.65. The lowest BCUT2D eigenvalue weighted by Gasteiger charge is -2.08. The summed E-state index contributed by atoms with van der Waals surface area (Å²) in [5.41, 5.74) is 7.84. The van der Waals surface area contributed by atoms with Crippen LogP contribution in [0.5, 0.6) is 0 Å². The van der Waals surface area contributed by atoms with Gasteiger partial charge in [-0.2, -0.15) is 4.98 Å². The van der Waals surface area contributed by atoms with Crippen LogP contribution in [0.2, 0.25) is 0 Å². The molecule has 2 aromatic rings. The molecule has 0 bridgehead atoms. The average molecular weight is 205 g/mol. The lowest BCUT2D eigenvalue weighted by atomic mass is 10.3. The van der Waals surface area contributed by atoms with Gasteiger partial charge in [0.2, 0.25) is 0 Å². The van der Waals surface area contributed by atoms with E-state index in [1.807, 2.05) is 6.07 Å². The highest BCUT2D eigenvalue weighted by molar-refractivity contribution is 5.78. The van der Waals surface area contributed by atoms with E-state index in [0.29, 0.717) is 11.7 Å².